The van der Waals surface area contributed by atoms with Crippen LogP contribution < -0.4 is 21.1 Å². The lowest BCUT2D eigenvalue weighted by molar-refractivity contribution is 0.205. The summed E-state index contributed by atoms with van der Waals surface area (Å²) in [6.07, 6.45) is 4.02. The highest BCUT2D eigenvalue weighted by atomic mass is 16.5. The van der Waals surface area contributed by atoms with Gasteiger partial charge in [0.1, 0.15) is 11.3 Å². The first-order chi connectivity index (χ1) is 14.6. The van der Waals surface area contributed by atoms with Gasteiger partial charge in [0.05, 0.1) is 26.5 Å². The minimum atomic E-state index is 0.237. The quantitative estimate of drug-likeness (QED) is 0.491. The Balaban J connectivity index is 1.96. The fourth-order valence-electron chi connectivity index (χ4n) is 3.36. The van der Waals surface area contributed by atoms with E-state index in [0.717, 1.165) is 47.6 Å². The van der Waals surface area contributed by atoms with E-state index < -0.39 is 0 Å². The molecular weight excluding hydrogens is 382 g/mol. The third kappa shape index (κ3) is 4.98. The highest BCUT2D eigenvalue weighted by molar-refractivity contribution is 5.86. The molecule has 4 N–H and O–H groups in total. The highest BCUT2D eigenvalue weighted by Gasteiger charge is 2.17. The van der Waals surface area contributed by atoms with Crippen LogP contribution in [0.3, 0.4) is 0 Å². The Hall–Kier alpha value is -2.91. The van der Waals surface area contributed by atoms with Crippen LogP contribution in [-0.4, -0.2) is 53.7 Å². The molecular formula is C21H31N7O2. The number of fused-ring (bicyclic) bond motifs is 1. The molecule has 0 radical (unpaired) electrons. The van der Waals surface area contributed by atoms with E-state index in [9.17, 15) is 0 Å². The molecule has 0 fully saturated rings. The van der Waals surface area contributed by atoms with Gasteiger partial charge in [-0.15, -0.1) is 0 Å². The van der Waals surface area contributed by atoms with Crippen LogP contribution in [0.5, 0.6) is 5.75 Å². The van der Waals surface area contributed by atoms with E-state index in [-0.39, 0.29) is 5.95 Å². The monoisotopic (exact) mass is 413 g/mol. The first-order valence-corrected chi connectivity index (χ1v) is 10.2. The molecule has 0 saturated carbocycles. The molecule has 2 heterocycles. The summed E-state index contributed by atoms with van der Waals surface area (Å²) < 4.78 is 12.7. The van der Waals surface area contributed by atoms with Crippen molar-refractivity contribution in [2.24, 2.45) is 5.73 Å². The van der Waals surface area contributed by atoms with Crippen molar-refractivity contribution in [3.05, 3.63) is 35.5 Å². The van der Waals surface area contributed by atoms with Crippen molar-refractivity contribution in [2.75, 3.05) is 44.5 Å². The lowest BCUT2D eigenvalue weighted by Gasteiger charge is -2.23. The summed E-state index contributed by atoms with van der Waals surface area (Å²) in [7, 11) is 3.35. The summed E-state index contributed by atoms with van der Waals surface area (Å²) in [6, 6.07) is 5.97. The van der Waals surface area contributed by atoms with Gasteiger partial charge in [0.15, 0.2) is 11.3 Å². The molecule has 9 heteroatoms. The Labute approximate surface area is 177 Å². The van der Waals surface area contributed by atoms with Gasteiger partial charge in [-0.3, -0.25) is 4.68 Å². The number of aromatic nitrogens is 4. The molecule has 3 rings (SSSR count). The van der Waals surface area contributed by atoms with E-state index in [2.05, 4.69) is 21.8 Å². The summed E-state index contributed by atoms with van der Waals surface area (Å²) >= 11 is 0. The minimum absolute atomic E-state index is 0.237. The predicted octanol–water partition coefficient (Wildman–Crippen LogP) is 2.18. The maximum absolute atomic E-state index is 6.01. The number of anilines is 2. The van der Waals surface area contributed by atoms with Crippen molar-refractivity contribution in [3.8, 4) is 5.75 Å². The van der Waals surface area contributed by atoms with Crippen LogP contribution in [0.25, 0.3) is 11.0 Å². The van der Waals surface area contributed by atoms with Crippen LogP contribution in [0.4, 0.5) is 11.8 Å². The van der Waals surface area contributed by atoms with E-state index in [1.165, 1.54) is 0 Å². The molecule has 0 atom stereocenters. The molecule has 0 aliphatic heterocycles. The Morgan fingerprint density at radius 1 is 1.17 bits per heavy atom. The number of nitrogen functional groups attached to an aromatic ring is 1. The number of hydrogen-bond donors (Lipinski definition) is 2. The van der Waals surface area contributed by atoms with Gasteiger partial charge in [0.2, 0.25) is 5.95 Å². The minimum Gasteiger partial charge on any atom is -0.496 e. The average Bonchev–Trinajstić information content (AvgIpc) is 3.15. The second-order valence-electron chi connectivity index (χ2n) is 7.15. The molecule has 0 saturated heterocycles. The zero-order valence-electron chi connectivity index (χ0n) is 18.0. The highest BCUT2D eigenvalue weighted by Crippen LogP contribution is 2.26. The maximum atomic E-state index is 6.01. The SMILES string of the molecule is CCCCN(CCOC)c1nc(N)nc2cn(Cc3ccc(CN)cc3OC)nc12. The molecule has 0 bridgehead atoms. The van der Waals surface area contributed by atoms with Gasteiger partial charge in [-0.25, -0.2) is 4.98 Å². The van der Waals surface area contributed by atoms with E-state index in [1.807, 2.05) is 29.1 Å². The van der Waals surface area contributed by atoms with E-state index in [1.54, 1.807) is 14.2 Å². The summed E-state index contributed by atoms with van der Waals surface area (Å²) in [5.74, 6) is 1.76. The second-order valence-corrected chi connectivity index (χ2v) is 7.15. The number of nitrogens with two attached hydrogens (primary N) is 2. The topological polar surface area (TPSA) is 117 Å². The van der Waals surface area contributed by atoms with Gasteiger partial charge in [-0.1, -0.05) is 25.5 Å². The lowest BCUT2D eigenvalue weighted by Crippen LogP contribution is -2.29. The molecule has 0 aliphatic rings. The number of benzene rings is 1. The van der Waals surface area contributed by atoms with E-state index >= 15 is 0 Å². The fourth-order valence-corrected chi connectivity index (χ4v) is 3.36. The Morgan fingerprint density at radius 3 is 2.70 bits per heavy atom. The first-order valence-electron chi connectivity index (χ1n) is 10.2. The van der Waals surface area contributed by atoms with Crippen LogP contribution in [0.15, 0.2) is 24.4 Å². The van der Waals surface area contributed by atoms with Crippen LogP contribution in [0.1, 0.15) is 30.9 Å². The van der Waals surface area contributed by atoms with Crippen molar-refractivity contribution in [2.45, 2.75) is 32.9 Å². The van der Waals surface area contributed by atoms with Gasteiger partial charge < -0.3 is 25.8 Å². The second kappa shape index (κ2) is 10.2. The third-order valence-electron chi connectivity index (χ3n) is 4.98. The number of methoxy groups -OCH3 is 2. The number of unbranched alkanes of at least 4 members (excludes halogenated alkanes) is 1. The van der Waals surface area contributed by atoms with Gasteiger partial charge >= 0.3 is 0 Å². The molecule has 0 aliphatic carbocycles. The molecule has 162 valence electrons. The smallest absolute Gasteiger partial charge is 0.222 e. The van der Waals surface area contributed by atoms with Gasteiger partial charge in [-0.2, -0.15) is 10.1 Å². The average molecular weight is 414 g/mol. The molecule has 0 spiro atoms. The standard InChI is InChI=1S/C21H31N7O2/c1-4-5-8-27(9-10-29-2)20-19-17(24-21(23)25-20)14-28(26-19)13-16-7-6-15(12-22)11-18(16)30-3/h6-7,11,14H,4-5,8-10,12-13,22H2,1-3H3,(H2,23,24). The molecule has 9 nitrogen and oxygen atoms in total. The van der Waals surface area contributed by atoms with Gasteiger partial charge in [0, 0.05) is 32.3 Å². The lowest BCUT2D eigenvalue weighted by atomic mass is 10.1. The summed E-state index contributed by atoms with van der Waals surface area (Å²) in [5.41, 5.74) is 15.2. The number of rotatable bonds is 11. The Bertz CT molecular complexity index is 965. The van der Waals surface area contributed by atoms with Crippen LogP contribution in [0, 0.1) is 0 Å². The Morgan fingerprint density at radius 2 is 2.00 bits per heavy atom. The van der Waals surface area contributed by atoms with Crippen molar-refractivity contribution in [1.82, 2.24) is 19.7 Å². The van der Waals surface area contributed by atoms with Crippen LogP contribution in [0.2, 0.25) is 0 Å². The zero-order chi connectivity index (χ0) is 21.5. The third-order valence-corrected chi connectivity index (χ3v) is 4.98. The van der Waals surface area contributed by atoms with Gasteiger partial charge in [-0.05, 0) is 18.1 Å². The normalized spacial score (nSPS) is 11.2. The number of ether oxygens (including phenoxy) is 2. The largest absolute Gasteiger partial charge is 0.496 e. The molecule has 30 heavy (non-hydrogen) atoms. The van der Waals surface area contributed by atoms with Crippen LogP contribution in [-0.2, 0) is 17.8 Å². The zero-order valence-corrected chi connectivity index (χ0v) is 18.0. The number of hydrogen-bond acceptors (Lipinski definition) is 8. The first kappa shape index (κ1) is 21.8. The molecule has 0 amide bonds. The van der Waals surface area contributed by atoms with Gasteiger partial charge in [0.25, 0.3) is 0 Å². The van der Waals surface area contributed by atoms with Crippen molar-refractivity contribution in [1.29, 1.82) is 0 Å². The van der Waals surface area contributed by atoms with Crippen molar-refractivity contribution < 1.29 is 9.47 Å². The van der Waals surface area contributed by atoms with E-state index in [0.29, 0.717) is 31.8 Å². The summed E-state index contributed by atoms with van der Waals surface area (Å²) in [5, 5.41) is 4.78. The van der Waals surface area contributed by atoms with Crippen LogP contribution >= 0.6 is 0 Å². The van der Waals surface area contributed by atoms with E-state index in [4.69, 9.17) is 26.0 Å². The predicted molar refractivity (Wildman–Crippen MR) is 119 cm³/mol. The van der Waals surface area contributed by atoms with Crippen molar-refractivity contribution in [3.63, 3.8) is 0 Å². The maximum Gasteiger partial charge on any atom is 0.222 e. The Kier molecular flexibility index (Phi) is 7.42. The fraction of sp³-hybridized carbons (Fsp3) is 0.476. The molecule has 0 unspecified atom stereocenters. The summed E-state index contributed by atoms with van der Waals surface area (Å²) in [6.45, 7) is 5.33. The molecule has 3 aromatic rings. The van der Waals surface area contributed by atoms with Crippen molar-refractivity contribution >= 4 is 22.8 Å². The summed E-state index contributed by atoms with van der Waals surface area (Å²) in [4.78, 5) is 11.1. The number of nitrogens with zero attached hydrogens (tertiary/aromatic N) is 5. The molecule has 2 aromatic heterocycles. The molecule has 1 aromatic carbocycles.